The predicted octanol–water partition coefficient (Wildman–Crippen LogP) is 1.64. The molecule has 118 valence electrons. The Bertz CT molecular complexity index is 410. The third kappa shape index (κ3) is 4.27. The first kappa shape index (κ1) is 15.9. The first-order chi connectivity index (χ1) is 10.3. The molecule has 1 saturated heterocycles. The van der Waals surface area contributed by atoms with Gasteiger partial charge in [0.25, 0.3) is 0 Å². The fourth-order valence-corrected chi connectivity index (χ4v) is 2.72. The van der Waals surface area contributed by atoms with E-state index >= 15 is 0 Å². The number of anilines is 2. The zero-order chi connectivity index (χ0) is 15.1. The molecule has 1 aromatic heterocycles. The van der Waals surface area contributed by atoms with E-state index in [9.17, 15) is 0 Å². The van der Waals surface area contributed by atoms with Crippen LogP contribution in [0, 0.1) is 0 Å². The van der Waals surface area contributed by atoms with Gasteiger partial charge >= 0.3 is 0 Å². The van der Waals surface area contributed by atoms with Crippen molar-refractivity contribution in [1.29, 1.82) is 0 Å². The Hall–Kier alpha value is -1.43. The molecule has 0 amide bonds. The van der Waals surface area contributed by atoms with E-state index in [-0.39, 0.29) is 0 Å². The van der Waals surface area contributed by atoms with Gasteiger partial charge in [-0.3, -0.25) is 0 Å². The zero-order valence-corrected chi connectivity index (χ0v) is 13.6. The maximum absolute atomic E-state index is 4.74. The monoisotopic (exact) mass is 292 g/mol. The Kier molecular flexibility index (Phi) is 6.17. The Morgan fingerprint density at radius 3 is 2.29 bits per heavy atom. The summed E-state index contributed by atoms with van der Waals surface area (Å²) in [4.78, 5) is 11.8. The molecular formula is C15H28N6. The van der Waals surface area contributed by atoms with Crippen LogP contribution in [0.2, 0.25) is 0 Å². The lowest BCUT2D eigenvalue weighted by Crippen LogP contribution is -2.47. The van der Waals surface area contributed by atoms with Crippen molar-refractivity contribution in [3.63, 3.8) is 0 Å². The summed E-state index contributed by atoms with van der Waals surface area (Å²) in [6, 6.07) is 0. The first-order valence-electron chi connectivity index (χ1n) is 8.20. The summed E-state index contributed by atoms with van der Waals surface area (Å²) in [5.41, 5.74) is 0. The van der Waals surface area contributed by atoms with E-state index in [1.165, 1.54) is 0 Å². The second kappa shape index (κ2) is 8.12. The van der Waals surface area contributed by atoms with Gasteiger partial charge in [-0.25, -0.2) is 0 Å². The molecule has 2 rings (SSSR count). The first-order valence-corrected chi connectivity index (χ1v) is 8.20. The van der Waals surface area contributed by atoms with Gasteiger partial charge < -0.3 is 14.7 Å². The standard InChI is InChI=1S/C15H28N6/c1-4-7-20(8-5-2)14-13-16-18-15(17-14)21-11-9-19(6-3)10-12-21/h13H,4-12H2,1-3H3. The quantitative estimate of drug-likeness (QED) is 0.761. The molecule has 2 heterocycles. The van der Waals surface area contributed by atoms with Gasteiger partial charge in [-0.05, 0) is 19.4 Å². The van der Waals surface area contributed by atoms with Gasteiger partial charge in [0.15, 0.2) is 5.82 Å². The second-order valence-corrected chi connectivity index (χ2v) is 5.52. The maximum Gasteiger partial charge on any atom is 0.247 e. The fraction of sp³-hybridized carbons (Fsp3) is 0.800. The fourth-order valence-electron chi connectivity index (χ4n) is 2.72. The molecule has 1 aromatic rings. The summed E-state index contributed by atoms with van der Waals surface area (Å²) in [7, 11) is 0. The molecule has 0 N–H and O–H groups in total. The van der Waals surface area contributed by atoms with E-state index < -0.39 is 0 Å². The molecule has 21 heavy (non-hydrogen) atoms. The summed E-state index contributed by atoms with van der Waals surface area (Å²) in [6.07, 6.45) is 4.03. The molecule has 0 aliphatic carbocycles. The summed E-state index contributed by atoms with van der Waals surface area (Å²) >= 11 is 0. The van der Waals surface area contributed by atoms with Gasteiger partial charge in [0.1, 0.15) is 0 Å². The van der Waals surface area contributed by atoms with E-state index in [0.29, 0.717) is 0 Å². The predicted molar refractivity (Wildman–Crippen MR) is 86.9 cm³/mol. The number of rotatable bonds is 7. The molecule has 6 heteroatoms. The van der Waals surface area contributed by atoms with E-state index in [4.69, 9.17) is 4.98 Å². The molecule has 1 fully saturated rings. The summed E-state index contributed by atoms with van der Waals surface area (Å²) in [6.45, 7) is 13.9. The van der Waals surface area contributed by atoms with E-state index in [1.54, 1.807) is 6.20 Å². The molecule has 1 aliphatic heterocycles. The van der Waals surface area contributed by atoms with Gasteiger partial charge in [-0.2, -0.15) is 10.1 Å². The highest BCUT2D eigenvalue weighted by molar-refractivity contribution is 5.41. The molecule has 1 aliphatic rings. The molecular weight excluding hydrogens is 264 g/mol. The molecule has 6 nitrogen and oxygen atoms in total. The lowest BCUT2D eigenvalue weighted by atomic mass is 10.3. The van der Waals surface area contributed by atoms with Gasteiger partial charge in [0, 0.05) is 39.3 Å². The molecule has 0 atom stereocenters. The second-order valence-electron chi connectivity index (χ2n) is 5.52. The summed E-state index contributed by atoms with van der Waals surface area (Å²) in [5, 5.41) is 8.41. The Balaban J connectivity index is 2.06. The van der Waals surface area contributed by atoms with Crippen molar-refractivity contribution in [3.8, 4) is 0 Å². The molecule has 0 bridgehead atoms. The topological polar surface area (TPSA) is 48.4 Å². The van der Waals surface area contributed by atoms with Crippen LogP contribution in [0.3, 0.4) is 0 Å². The third-order valence-corrected chi connectivity index (χ3v) is 3.95. The summed E-state index contributed by atoms with van der Waals surface area (Å²) in [5.74, 6) is 1.74. The number of hydrogen-bond acceptors (Lipinski definition) is 6. The highest BCUT2D eigenvalue weighted by atomic mass is 15.4. The van der Waals surface area contributed by atoms with E-state index in [1.807, 2.05) is 0 Å². The van der Waals surface area contributed by atoms with Crippen molar-refractivity contribution < 1.29 is 0 Å². The molecule has 0 unspecified atom stereocenters. The largest absolute Gasteiger partial charge is 0.355 e. The van der Waals surface area contributed by atoms with Crippen LogP contribution in [0.4, 0.5) is 11.8 Å². The van der Waals surface area contributed by atoms with Crippen LogP contribution in [-0.4, -0.2) is 65.9 Å². The van der Waals surface area contributed by atoms with E-state index in [2.05, 4.69) is 45.7 Å². The highest BCUT2D eigenvalue weighted by Crippen LogP contribution is 2.16. The van der Waals surface area contributed by atoms with E-state index in [0.717, 1.165) is 70.4 Å². The van der Waals surface area contributed by atoms with Crippen molar-refractivity contribution in [2.45, 2.75) is 33.6 Å². The van der Waals surface area contributed by atoms with Gasteiger partial charge in [0.2, 0.25) is 5.95 Å². The van der Waals surface area contributed by atoms with Gasteiger partial charge in [-0.15, -0.1) is 5.10 Å². The number of piperazine rings is 1. The molecule has 0 saturated carbocycles. The van der Waals surface area contributed by atoms with Crippen molar-refractivity contribution in [3.05, 3.63) is 6.20 Å². The average molecular weight is 292 g/mol. The number of nitrogens with zero attached hydrogens (tertiary/aromatic N) is 6. The van der Waals surface area contributed by atoms with Crippen LogP contribution in [0.15, 0.2) is 6.20 Å². The Morgan fingerprint density at radius 1 is 1.05 bits per heavy atom. The number of hydrogen-bond donors (Lipinski definition) is 0. The van der Waals surface area contributed by atoms with Crippen LogP contribution in [0.25, 0.3) is 0 Å². The highest BCUT2D eigenvalue weighted by Gasteiger charge is 2.19. The number of aromatic nitrogens is 3. The summed E-state index contributed by atoms with van der Waals surface area (Å²) < 4.78 is 0. The molecule has 0 radical (unpaired) electrons. The maximum atomic E-state index is 4.74. The lowest BCUT2D eigenvalue weighted by molar-refractivity contribution is 0.269. The van der Waals surface area contributed by atoms with Crippen LogP contribution >= 0.6 is 0 Å². The van der Waals surface area contributed by atoms with Crippen molar-refractivity contribution >= 4 is 11.8 Å². The SMILES string of the molecule is CCCN(CCC)c1cnnc(N2CCN(CC)CC2)n1. The van der Waals surface area contributed by atoms with Crippen LogP contribution < -0.4 is 9.80 Å². The minimum absolute atomic E-state index is 0.778. The number of likely N-dealkylation sites (N-methyl/N-ethyl adjacent to an activating group) is 1. The van der Waals surface area contributed by atoms with Crippen molar-refractivity contribution in [2.75, 3.05) is 55.6 Å². The normalized spacial score (nSPS) is 16.2. The van der Waals surface area contributed by atoms with Crippen LogP contribution in [-0.2, 0) is 0 Å². The minimum Gasteiger partial charge on any atom is -0.355 e. The smallest absolute Gasteiger partial charge is 0.247 e. The molecule has 0 aromatic carbocycles. The van der Waals surface area contributed by atoms with Crippen molar-refractivity contribution in [1.82, 2.24) is 20.1 Å². The lowest BCUT2D eigenvalue weighted by Gasteiger charge is -2.34. The van der Waals surface area contributed by atoms with Crippen LogP contribution in [0.1, 0.15) is 33.6 Å². The van der Waals surface area contributed by atoms with Gasteiger partial charge in [0.05, 0.1) is 6.20 Å². The van der Waals surface area contributed by atoms with Crippen LogP contribution in [0.5, 0.6) is 0 Å². The van der Waals surface area contributed by atoms with Gasteiger partial charge in [-0.1, -0.05) is 20.8 Å². The third-order valence-electron chi connectivity index (χ3n) is 3.95. The molecule has 0 spiro atoms. The minimum atomic E-state index is 0.778. The average Bonchev–Trinajstić information content (AvgIpc) is 2.55. The van der Waals surface area contributed by atoms with Crippen molar-refractivity contribution in [2.24, 2.45) is 0 Å². The Morgan fingerprint density at radius 2 is 1.71 bits per heavy atom. The Labute approximate surface area is 128 Å². The zero-order valence-electron chi connectivity index (χ0n) is 13.6.